The molecule has 0 amide bonds. The first-order valence-electron chi connectivity index (χ1n) is 6.40. The number of nitrogens with one attached hydrogen (secondary N) is 1. The highest BCUT2D eigenvalue weighted by molar-refractivity contribution is 7.89. The fourth-order valence-electron chi connectivity index (χ4n) is 1.78. The molecule has 1 aliphatic carbocycles. The van der Waals surface area contributed by atoms with Crippen molar-refractivity contribution < 1.29 is 12.8 Å². The summed E-state index contributed by atoms with van der Waals surface area (Å²) < 4.78 is 31.9. The molecule has 0 bridgehead atoms. The second kappa shape index (κ2) is 5.27. The number of rotatable bonds is 5. The van der Waals surface area contributed by atoms with Crippen LogP contribution in [0.5, 0.6) is 0 Å². The highest BCUT2D eigenvalue weighted by Crippen LogP contribution is 2.38. The molecular weight excluding hydrogens is 292 g/mol. The van der Waals surface area contributed by atoms with Crippen molar-refractivity contribution in [2.45, 2.75) is 30.2 Å². The molecule has 1 aromatic heterocycles. The number of hydrogen-bond donors (Lipinski definition) is 1. The van der Waals surface area contributed by atoms with E-state index < -0.39 is 10.0 Å². The van der Waals surface area contributed by atoms with Gasteiger partial charge in [-0.1, -0.05) is 0 Å². The summed E-state index contributed by atoms with van der Waals surface area (Å²) in [5.74, 6) is 1.15. The van der Waals surface area contributed by atoms with Crippen LogP contribution in [0.15, 0.2) is 33.6 Å². The van der Waals surface area contributed by atoms with Gasteiger partial charge in [-0.3, -0.25) is 0 Å². The van der Waals surface area contributed by atoms with Crippen LogP contribution in [0.3, 0.4) is 0 Å². The Bertz CT molecular complexity index is 786. The molecule has 1 N–H and O–H groups in total. The van der Waals surface area contributed by atoms with Crippen LogP contribution in [0, 0.1) is 11.3 Å². The summed E-state index contributed by atoms with van der Waals surface area (Å²) >= 11 is 0. The number of sulfonamides is 1. The van der Waals surface area contributed by atoms with Crippen LogP contribution < -0.4 is 4.72 Å². The summed E-state index contributed by atoms with van der Waals surface area (Å²) in [6, 6.07) is 7.59. The summed E-state index contributed by atoms with van der Waals surface area (Å²) in [7, 11) is -3.67. The lowest BCUT2D eigenvalue weighted by Gasteiger charge is -2.04. The first kappa shape index (κ1) is 13.7. The maximum Gasteiger partial charge on any atom is 0.241 e. The minimum atomic E-state index is -3.67. The zero-order valence-electron chi connectivity index (χ0n) is 11.0. The van der Waals surface area contributed by atoms with Gasteiger partial charge in [0.1, 0.15) is 0 Å². The third-order valence-electron chi connectivity index (χ3n) is 3.12. The lowest BCUT2D eigenvalue weighted by molar-refractivity contribution is 0.445. The van der Waals surface area contributed by atoms with Crippen LogP contribution in [0.25, 0.3) is 0 Å². The van der Waals surface area contributed by atoms with Gasteiger partial charge in [-0.05, 0) is 37.1 Å². The molecule has 108 valence electrons. The molecule has 3 rings (SSSR count). The number of nitriles is 1. The van der Waals surface area contributed by atoms with Gasteiger partial charge in [0.15, 0.2) is 0 Å². The minimum Gasteiger partial charge on any atom is -0.424 e. The lowest BCUT2D eigenvalue weighted by atomic mass is 10.2. The standard InChI is InChI=1S/C13H12N4O3S/c14-7-9-1-5-11(6-2-9)21(18,19)15-8-12-16-17-13(20-12)10-3-4-10/h1-2,5-6,10,15H,3-4,8H2. The first-order chi connectivity index (χ1) is 10.1. The largest absolute Gasteiger partial charge is 0.424 e. The van der Waals surface area contributed by atoms with Gasteiger partial charge in [-0.25, -0.2) is 13.1 Å². The van der Waals surface area contributed by atoms with Gasteiger partial charge in [0, 0.05) is 5.92 Å². The van der Waals surface area contributed by atoms with Gasteiger partial charge in [-0.15, -0.1) is 10.2 Å². The zero-order valence-corrected chi connectivity index (χ0v) is 11.8. The molecule has 1 saturated carbocycles. The van der Waals surface area contributed by atoms with Gasteiger partial charge in [0.2, 0.25) is 21.8 Å². The molecule has 0 atom stereocenters. The van der Waals surface area contributed by atoms with Gasteiger partial charge in [0.25, 0.3) is 0 Å². The molecule has 1 fully saturated rings. The van der Waals surface area contributed by atoms with Crippen molar-refractivity contribution in [3.8, 4) is 6.07 Å². The van der Waals surface area contributed by atoms with Gasteiger partial charge < -0.3 is 4.42 Å². The van der Waals surface area contributed by atoms with E-state index in [1.807, 2.05) is 6.07 Å². The Kier molecular flexibility index (Phi) is 3.45. The van der Waals surface area contributed by atoms with E-state index in [9.17, 15) is 8.42 Å². The maximum absolute atomic E-state index is 12.1. The SMILES string of the molecule is N#Cc1ccc(S(=O)(=O)NCc2nnc(C3CC3)o2)cc1. The predicted octanol–water partition coefficient (Wildman–Crippen LogP) is 1.30. The smallest absolute Gasteiger partial charge is 0.241 e. The average Bonchev–Trinajstić information content (AvgIpc) is 3.24. The molecule has 0 radical (unpaired) electrons. The summed E-state index contributed by atoms with van der Waals surface area (Å²) in [5, 5.41) is 16.4. The quantitative estimate of drug-likeness (QED) is 0.891. The van der Waals surface area contributed by atoms with Crippen LogP contribution in [0.2, 0.25) is 0 Å². The Balaban J connectivity index is 1.68. The third kappa shape index (κ3) is 3.09. The average molecular weight is 304 g/mol. The molecule has 1 aliphatic rings. The second-order valence-corrected chi connectivity index (χ2v) is 6.54. The lowest BCUT2D eigenvalue weighted by Crippen LogP contribution is -2.23. The van der Waals surface area contributed by atoms with Crippen molar-refractivity contribution in [1.29, 1.82) is 5.26 Å². The zero-order chi connectivity index (χ0) is 14.9. The van der Waals surface area contributed by atoms with E-state index in [1.165, 1.54) is 24.3 Å². The summed E-state index contributed by atoms with van der Waals surface area (Å²) in [4.78, 5) is 0.0865. The van der Waals surface area contributed by atoms with Crippen LogP contribution in [-0.4, -0.2) is 18.6 Å². The highest BCUT2D eigenvalue weighted by atomic mass is 32.2. The van der Waals surface area contributed by atoms with E-state index in [4.69, 9.17) is 9.68 Å². The Morgan fingerprint density at radius 3 is 2.62 bits per heavy atom. The van der Waals surface area contributed by atoms with Crippen molar-refractivity contribution in [3.63, 3.8) is 0 Å². The Labute approximate surface area is 121 Å². The molecule has 1 heterocycles. The second-order valence-electron chi connectivity index (χ2n) is 4.77. The van der Waals surface area contributed by atoms with E-state index in [-0.39, 0.29) is 17.3 Å². The number of aromatic nitrogens is 2. The van der Waals surface area contributed by atoms with E-state index >= 15 is 0 Å². The van der Waals surface area contributed by atoms with Crippen LogP contribution in [-0.2, 0) is 16.6 Å². The predicted molar refractivity (Wildman–Crippen MR) is 71.5 cm³/mol. The minimum absolute atomic E-state index is 0.0535. The Morgan fingerprint density at radius 1 is 1.29 bits per heavy atom. The van der Waals surface area contributed by atoms with E-state index in [0.717, 1.165) is 12.8 Å². The maximum atomic E-state index is 12.1. The fraction of sp³-hybridized carbons (Fsp3) is 0.308. The first-order valence-corrected chi connectivity index (χ1v) is 7.89. The molecule has 0 unspecified atom stereocenters. The van der Waals surface area contributed by atoms with Gasteiger partial charge in [-0.2, -0.15) is 5.26 Å². The molecule has 0 saturated heterocycles. The van der Waals surface area contributed by atoms with E-state index in [2.05, 4.69) is 14.9 Å². The van der Waals surface area contributed by atoms with E-state index in [1.54, 1.807) is 0 Å². The number of nitrogens with zero attached hydrogens (tertiary/aromatic N) is 3. The summed E-state index contributed by atoms with van der Waals surface area (Å²) in [6.07, 6.45) is 2.08. The van der Waals surface area contributed by atoms with Crippen molar-refractivity contribution >= 4 is 10.0 Å². The number of hydrogen-bond acceptors (Lipinski definition) is 6. The summed E-state index contributed by atoms with van der Waals surface area (Å²) in [6.45, 7) is -0.0535. The molecule has 0 spiro atoms. The van der Waals surface area contributed by atoms with Crippen molar-refractivity contribution in [1.82, 2.24) is 14.9 Å². The van der Waals surface area contributed by atoms with Gasteiger partial charge >= 0.3 is 0 Å². The topological polar surface area (TPSA) is 109 Å². The molecule has 1 aromatic carbocycles. The Morgan fingerprint density at radius 2 is 2.00 bits per heavy atom. The van der Waals surface area contributed by atoms with E-state index in [0.29, 0.717) is 17.4 Å². The van der Waals surface area contributed by atoms with Crippen LogP contribution in [0.4, 0.5) is 0 Å². The Hall–Kier alpha value is -2.24. The highest BCUT2D eigenvalue weighted by Gasteiger charge is 2.29. The molecule has 8 heteroatoms. The molecule has 7 nitrogen and oxygen atoms in total. The normalized spacial score (nSPS) is 14.8. The fourth-order valence-corrected chi connectivity index (χ4v) is 2.76. The molecular formula is C13H12N4O3S. The van der Waals surface area contributed by atoms with Crippen molar-refractivity contribution in [2.75, 3.05) is 0 Å². The monoisotopic (exact) mass is 304 g/mol. The van der Waals surface area contributed by atoms with Crippen molar-refractivity contribution in [3.05, 3.63) is 41.6 Å². The molecule has 2 aromatic rings. The molecule has 21 heavy (non-hydrogen) atoms. The van der Waals surface area contributed by atoms with Gasteiger partial charge in [0.05, 0.1) is 23.1 Å². The summed E-state index contributed by atoms with van der Waals surface area (Å²) in [5.41, 5.74) is 0.403. The third-order valence-corrected chi connectivity index (χ3v) is 4.53. The van der Waals surface area contributed by atoms with Crippen molar-refractivity contribution in [2.24, 2.45) is 0 Å². The van der Waals surface area contributed by atoms with Crippen LogP contribution in [0.1, 0.15) is 36.1 Å². The number of benzene rings is 1. The molecule has 0 aliphatic heterocycles. The van der Waals surface area contributed by atoms with Crippen LogP contribution >= 0.6 is 0 Å².